The van der Waals surface area contributed by atoms with Crippen molar-refractivity contribution in [2.45, 2.75) is 6.92 Å². The van der Waals surface area contributed by atoms with Crippen molar-refractivity contribution in [3.63, 3.8) is 0 Å². The van der Waals surface area contributed by atoms with Gasteiger partial charge in [0.25, 0.3) is 5.91 Å². The van der Waals surface area contributed by atoms with Crippen LogP contribution < -0.4 is 5.43 Å². The predicted octanol–water partition coefficient (Wildman–Crippen LogP) is 5.47. The highest BCUT2D eigenvalue weighted by atomic mass is 35.5. The molecular weight excluding hydrogens is 415 g/mol. The van der Waals surface area contributed by atoms with E-state index in [0.29, 0.717) is 20.5 Å². The molecule has 0 saturated heterocycles. The van der Waals surface area contributed by atoms with Crippen LogP contribution in [0.25, 0.3) is 15.9 Å². The van der Waals surface area contributed by atoms with Gasteiger partial charge in [-0.3, -0.25) is 4.79 Å². The fourth-order valence-corrected chi connectivity index (χ4v) is 4.15. The van der Waals surface area contributed by atoms with Gasteiger partial charge in [0.15, 0.2) is 0 Å². The molecule has 0 fully saturated rings. The minimum absolute atomic E-state index is 0.297. The summed E-state index contributed by atoms with van der Waals surface area (Å²) < 4.78 is 1.85. The van der Waals surface area contributed by atoms with Gasteiger partial charge >= 0.3 is 0 Å². The van der Waals surface area contributed by atoms with E-state index in [9.17, 15) is 4.79 Å². The number of fused-ring (bicyclic) bond motifs is 1. The number of aryl methyl sites for hydroxylation is 1. The van der Waals surface area contributed by atoms with Gasteiger partial charge < -0.3 is 0 Å². The van der Waals surface area contributed by atoms with Crippen LogP contribution in [0.3, 0.4) is 0 Å². The Bertz CT molecular complexity index is 1200. The lowest BCUT2D eigenvalue weighted by Gasteiger charge is -2.01. The molecule has 8 heteroatoms. The number of carbonyl (C=O) groups is 1. The highest BCUT2D eigenvalue weighted by Gasteiger charge is 2.16. The van der Waals surface area contributed by atoms with Gasteiger partial charge in [0.2, 0.25) is 0 Å². The Hall–Kier alpha value is -2.67. The molecule has 0 saturated carbocycles. The number of rotatable bonds is 4. The van der Waals surface area contributed by atoms with E-state index in [4.69, 9.17) is 23.2 Å². The number of aromatic nitrogens is 2. The van der Waals surface area contributed by atoms with Crippen molar-refractivity contribution in [3.05, 3.63) is 80.8 Å². The van der Waals surface area contributed by atoms with Crippen molar-refractivity contribution >= 4 is 56.9 Å². The zero-order valence-corrected chi connectivity index (χ0v) is 17.0. The molecule has 0 unspecified atom stereocenters. The van der Waals surface area contributed by atoms with Crippen LogP contribution in [0, 0.1) is 6.92 Å². The van der Waals surface area contributed by atoms with Crippen molar-refractivity contribution in [3.8, 4) is 5.69 Å². The number of nitrogens with zero attached hydrogens (tertiary/aromatic N) is 3. The maximum atomic E-state index is 12.5. The van der Waals surface area contributed by atoms with E-state index in [2.05, 4.69) is 15.6 Å². The Morgan fingerprint density at radius 1 is 1.18 bits per heavy atom. The summed E-state index contributed by atoms with van der Waals surface area (Å²) >= 11 is 13.4. The minimum atomic E-state index is -0.297. The fourth-order valence-electron chi connectivity index (χ4n) is 2.73. The molecule has 4 rings (SSSR count). The molecule has 2 heterocycles. The van der Waals surface area contributed by atoms with Crippen LogP contribution in [-0.4, -0.2) is 21.9 Å². The van der Waals surface area contributed by atoms with Crippen LogP contribution in [-0.2, 0) is 0 Å². The standard InChI is InChI=1S/C20H14Cl2N4OS/c1-12-16-10-18(28-20(16)26(25-12)15-5-3-2-4-6-15)19(27)24-23-11-13-9-14(21)7-8-17(13)22/h2-11H,1H3,(H,24,27). The van der Waals surface area contributed by atoms with E-state index in [0.717, 1.165) is 21.6 Å². The summed E-state index contributed by atoms with van der Waals surface area (Å²) in [7, 11) is 0. The van der Waals surface area contributed by atoms with Gasteiger partial charge in [0, 0.05) is 21.0 Å². The number of hydrogen-bond donors (Lipinski definition) is 1. The van der Waals surface area contributed by atoms with E-state index in [1.165, 1.54) is 17.6 Å². The maximum absolute atomic E-state index is 12.5. The number of amides is 1. The number of nitrogens with one attached hydrogen (secondary N) is 1. The molecule has 0 atom stereocenters. The molecule has 0 radical (unpaired) electrons. The van der Waals surface area contributed by atoms with E-state index in [-0.39, 0.29) is 5.91 Å². The number of benzene rings is 2. The van der Waals surface area contributed by atoms with Gasteiger partial charge in [-0.05, 0) is 43.3 Å². The zero-order valence-electron chi connectivity index (χ0n) is 14.7. The first kappa shape index (κ1) is 18.7. The number of halogens is 2. The van der Waals surface area contributed by atoms with Crippen LogP contribution in [0.15, 0.2) is 59.7 Å². The minimum Gasteiger partial charge on any atom is -0.266 e. The maximum Gasteiger partial charge on any atom is 0.281 e. The number of thiophene rings is 1. The smallest absolute Gasteiger partial charge is 0.266 e. The van der Waals surface area contributed by atoms with Crippen LogP contribution in [0.5, 0.6) is 0 Å². The average Bonchev–Trinajstić information content (AvgIpc) is 3.26. The normalized spacial score (nSPS) is 11.4. The quantitative estimate of drug-likeness (QED) is 0.346. The number of hydrogen-bond acceptors (Lipinski definition) is 4. The van der Waals surface area contributed by atoms with Crippen LogP contribution in [0.2, 0.25) is 10.0 Å². The molecule has 2 aromatic heterocycles. The average molecular weight is 429 g/mol. The second-order valence-corrected chi connectivity index (χ2v) is 7.90. The molecular formula is C20H14Cl2N4OS. The Morgan fingerprint density at radius 3 is 2.75 bits per heavy atom. The molecule has 0 aliphatic carbocycles. The molecule has 140 valence electrons. The SMILES string of the molecule is Cc1nn(-c2ccccc2)c2sc(C(=O)NN=Cc3cc(Cl)ccc3Cl)cc12. The third-order valence-corrected chi connectivity index (χ3v) is 5.79. The Labute approximate surface area is 175 Å². The van der Waals surface area contributed by atoms with Gasteiger partial charge in [-0.2, -0.15) is 10.2 Å². The molecule has 0 spiro atoms. The lowest BCUT2D eigenvalue weighted by atomic mass is 10.2. The Morgan fingerprint density at radius 2 is 1.96 bits per heavy atom. The summed E-state index contributed by atoms with van der Waals surface area (Å²) in [6, 6.07) is 16.7. The first-order chi connectivity index (χ1) is 13.5. The predicted molar refractivity (Wildman–Crippen MR) is 115 cm³/mol. The first-order valence-electron chi connectivity index (χ1n) is 8.36. The van der Waals surface area contributed by atoms with E-state index in [1.807, 2.05) is 48.0 Å². The van der Waals surface area contributed by atoms with Crippen molar-refractivity contribution in [2.75, 3.05) is 0 Å². The second-order valence-electron chi connectivity index (χ2n) is 6.03. The summed E-state index contributed by atoms with van der Waals surface area (Å²) in [5.41, 5.74) is 4.97. The first-order valence-corrected chi connectivity index (χ1v) is 9.93. The molecule has 4 aromatic rings. The summed E-state index contributed by atoms with van der Waals surface area (Å²) in [6.07, 6.45) is 1.47. The van der Waals surface area contributed by atoms with Crippen molar-refractivity contribution in [1.29, 1.82) is 0 Å². The van der Waals surface area contributed by atoms with Gasteiger partial charge in [-0.25, -0.2) is 10.1 Å². The molecule has 0 bridgehead atoms. The van der Waals surface area contributed by atoms with E-state index >= 15 is 0 Å². The summed E-state index contributed by atoms with van der Waals surface area (Å²) in [4.78, 5) is 14.0. The van der Waals surface area contributed by atoms with E-state index in [1.54, 1.807) is 18.2 Å². The van der Waals surface area contributed by atoms with Gasteiger partial charge in [-0.15, -0.1) is 11.3 Å². The van der Waals surface area contributed by atoms with Crippen LogP contribution in [0.4, 0.5) is 0 Å². The van der Waals surface area contributed by atoms with Gasteiger partial charge in [-0.1, -0.05) is 41.4 Å². The highest BCUT2D eigenvalue weighted by molar-refractivity contribution is 7.20. The topological polar surface area (TPSA) is 59.3 Å². The molecule has 5 nitrogen and oxygen atoms in total. The summed E-state index contributed by atoms with van der Waals surface area (Å²) in [5, 5.41) is 10.6. The Balaban J connectivity index is 1.58. The lowest BCUT2D eigenvalue weighted by Crippen LogP contribution is -2.16. The molecule has 2 aromatic carbocycles. The Kier molecular flexibility index (Phi) is 5.17. The van der Waals surface area contributed by atoms with Crippen molar-refractivity contribution < 1.29 is 4.79 Å². The third-order valence-electron chi connectivity index (χ3n) is 4.10. The van der Waals surface area contributed by atoms with E-state index < -0.39 is 0 Å². The van der Waals surface area contributed by atoms with Crippen LogP contribution >= 0.6 is 34.5 Å². The number of carbonyl (C=O) groups excluding carboxylic acids is 1. The molecule has 0 aliphatic heterocycles. The van der Waals surface area contributed by atoms with Gasteiger partial charge in [0.1, 0.15) is 4.83 Å². The lowest BCUT2D eigenvalue weighted by molar-refractivity contribution is 0.0959. The molecule has 1 amide bonds. The van der Waals surface area contributed by atoms with Crippen molar-refractivity contribution in [1.82, 2.24) is 15.2 Å². The third kappa shape index (κ3) is 3.67. The van der Waals surface area contributed by atoms with Gasteiger partial charge in [0.05, 0.1) is 22.5 Å². The number of hydrazone groups is 1. The number of para-hydroxylation sites is 1. The highest BCUT2D eigenvalue weighted by Crippen LogP contribution is 2.30. The van der Waals surface area contributed by atoms with Crippen molar-refractivity contribution in [2.24, 2.45) is 5.10 Å². The monoisotopic (exact) mass is 428 g/mol. The molecule has 0 aliphatic rings. The summed E-state index contributed by atoms with van der Waals surface area (Å²) in [5.74, 6) is -0.297. The fraction of sp³-hybridized carbons (Fsp3) is 0.0500. The largest absolute Gasteiger partial charge is 0.281 e. The zero-order chi connectivity index (χ0) is 19.7. The van der Waals surface area contributed by atoms with Crippen LogP contribution in [0.1, 0.15) is 20.9 Å². The molecule has 28 heavy (non-hydrogen) atoms. The second kappa shape index (κ2) is 7.75. The summed E-state index contributed by atoms with van der Waals surface area (Å²) in [6.45, 7) is 1.93. The molecule has 1 N–H and O–H groups in total.